The number of aliphatic carboxylic acids is 1. The number of carboxylic acid groups (broad SMARTS) is 1. The Morgan fingerprint density at radius 3 is 2.34 bits per heavy atom. The van der Waals surface area contributed by atoms with E-state index < -0.39 is 60.2 Å². The van der Waals surface area contributed by atoms with Crippen molar-refractivity contribution in [2.45, 2.75) is 70.1 Å². The topological polar surface area (TPSA) is 185 Å². The number of likely N-dealkylation sites (tertiary alicyclic amines) is 1. The summed E-state index contributed by atoms with van der Waals surface area (Å²) in [6, 6.07) is -4.07. The predicted molar refractivity (Wildman–Crippen MR) is 120 cm³/mol. The molecule has 1 rings (SSSR count). The maximum atomic E-state index is 13.1. The molecule has 1 aliphatic heterocycles. The van der Waals surface area contributed by atoms with Crippen molar-refractivity contribution in [1.82, 2.24) is 15.5 Å². The van der Waals surface area contributed by atoms with Crippen LogP contribution < -0.4 is 22.1 Å². The Kier molecular flexibility index (Phi) is 11.5. The Morgan fingerprint density at radius 2 is 1.81 bits per heavy atom. The summed E-state index contributed by atoms with van der Waals surface area (Å²) >= 11 is 1.46. The molecular weight excluding hydrogens is 438 g/mol. The van der Waals surface area contributed by atoms with E-state index in [1.807, 2.05) is 20.1 Å². The van der Waals surface area contributed by atoms with Crippen LogP contribution in [0.3, 0.4) is 0 Å². The molecule has 0 bridgehead atoms. The zero-order valence-corrected chi connectivity index (χ0v) is 19.7. The number of nitrogens with zero attached hydrogens (tertiary/aromatic N) is 1. The fourth-order valence-corrected chi connectivity index (χ4v) is 4.03. The molecule has 0 aromatic rings. The molecule has 0 aromatic heterocycles. The minimum atomic E-state index is -1.25. The SMILES string of the molecule is CSCCC(NC(=O)C1CCCN1C(=O)C(CC(N)=O)NC(=O)C(N)CC(C)C)C(=O)O. The Hall–Kier alpha value is -2.34. The molecule has 1 heterocycles. The Bertz CT molecular complexity index is 704. The maximum Gasteiger partial charge on any atom is 0.326 e. The first-order valence-electron chi connectivity index (χ1n) is 10.6. The molecule has 182 valence electrons. The molecule has 0 saturated carbocycles. The van der Waals surface area contributed by atoms with E-state index in [2.05, 4.69) is 10.6 Å². The molecule has 4 unspecified atom stereocenters. The molecule has 0 aromatic carbocycles. The first-order chi connectivity index (χ1) is 15.0. The van der Waals surface area contributed by atoms with E-state index in [4.69, 9.17) is 11.5 Å². The van der Waals surface area contributed by atoms with Crippen molar-refractivity contribution in [2.75, 3.05) is 18.6 Å². The minimum absolute atomic E-state index is 0.154. The molecule has 7 N–H and O–H groups in total. The van der Waals surface area contributed by atoms with Gasteiger partial charge in [-0.3, -0.25) is 19.2 Å². The van der Waals surface area contributed by atoms with Crippen LogP contribution in [-0.4, -0.2) is 82.3 Å². The van der Waals surface area contributed by atoms with Gasteiger partial charge in [0.2, 0.25) is 23.6 Å². The van der Waals surface area contributed by atoms with Crippen molar-refractivity contribution in [3.05, 3.63) is 0 Å². The lowest BCUT2D eigenvalue weighted by molar-refractivity contribution is -0.145. The molecule has 1 saturated heterocycles. The highest BCUT2D eigenvalue weighted by molar-refractivity contribution is 7.98. The summed E-state index contributed by atoms with van der Waals surface area (Å²) in [6.07, 6.45) is 2.91. The van der Waals surface area contributed by atoms with Crippen molar-refractivity contribution in [3.63, 3.8) is 0 Å². The van der Waals surface area contributed by atoms with Gasteiger partial charge < -0.3 is 32.1 Å². The van der Waals surface area contributed by atoms with Crippen LogP contribution in [0, 0.1) is 5.92 Å². The molecule has 1 fully saturated rings. The highest BCUT2D eigenvalue weighted by Gasteiger charge is 2.39. The van der Waals surface area contributed by atoms with Gasteiger partial charge in [-0.2, -0.15) is 11.8 Å². The van der Waals surface area contributed by atoms with Crippen molar-refractivity contribution < 1.29 is 29.1 Å². The smallest absolute Gasteiger partial charge is 0.326 e. The average Bonchev–Trinajstić information content (AvgIpc) is 3.18. The number of rotatable bonds is 13. The predicted octanol–water partition coefficient (Wildman–Crippen LogP) is -0.966. The Morgan fingerprint density at radius 1 is 1.16 bits per heavy atom. The highest BCUT2D eigenvalue weighted by Crippen LogP contribution is 2.20. The van der Waals surface area contributed by atoms with Gasteiger partial charge in [-0.05, 0) is 43.6 Å². The van der Waals surface area contributed by atoms with Gasteiger partial charge in [0, 0.05) is 6.54 Å². The van der Waals surface area contributed by atoms with Crippen LogP contribution in [0.4, 0.5) is 0 Å². The van der Waals surface area contributed by atoms with E-state index in [9.17, 15) is 29.1 Å². The number of nitrogens with two attached hydrogens (primary N) is 2. The number of hydrogen-bond donors (Lipinski definition) is 5. The molecule has 4 atom stereocenters. The molecule has 0 radical (unpaired) electrons. The fourth-order valence-electron chi connectivity index (χ4n) is 3.56. The van der Waals surface area contributed by atoms with Gasteiger partial charge in [-0.25, -0.2) is 4.79 Å². The van der Waals surface area contributed by atoms with E-state index in [1.165, 1.54) is 16.7 Å². The van der Waals surface area contributed by atoms with Gasteiger partial charge in [-0.15, -0.1) is 0 Å². The van der Waals surface area contributed by atoms with E-state index >= 15 is 0 Å². The Labute approximate surface area is 192 Å². The van der Waals surface area contributed by atoms with Crippen molar-refractivity contribution in [1.29, 1.82) is 0 Å². The standard InChI is InChI=1S/C20H35N5O6S/c1-11(2)9-12(21)17(27)24-14(10-16(22)26)19(29)25-7-4-5-15(25)18(28)23-13(20(30)31)6-8-32-3/h11-15H,4-10,21H2,1-3H3,(H2,22,26)(H,23,28)(H,24,27)(H,30,31). The lowest BCUT2D eigenvalue weighted by Gasteiger charge is -2.29. The largest absolute Gasteiger partial charge is 0.480 e. The average molecular weight is 474 g/mol. The summed E-state index contributed by atoms with van der Waals surface area (Å²) in [4.78, 5) is 62.5. The van der Waals surface area contributed by atoms with E-state index in [0.717, 1.165) is 0 Å². The number of hydrogen-bond acceptors (Lipinski definition) is 7. The van der Waals surface area contributed by atoms with Crippen LogP contribution in [0.15, 0.2) is 0 Å². The van der Waals surface area contributed by atoms with Crippen LogP contribution >= 0.6 is 11.8 Å². The third-order valence-corrected chi connectivity index (χ3v) is 5.79. The van der Waals surface area contributed by atoms with Gasteiger partial charge in [0.15, 0.2) is 0 Å². The summed E-state index contributed by atoms with van der Waals surface area (Å²) in [5.41, 5.74) is 11.1. The second-order valence-electron chi connectivity index (χ2n) is 8.34. The van der Waals surface area contributed by atoms with Crippen LogP contribution in [-0.2, 0) is 24.0 Å². The van der Waals surface area contributed by atoms with E-state index in [-0.39, 0.29) is 18.9 Å². The first kappa shape index (κ1) is 27.7. The number of carboxylic acids is 1. The molecule has 4 amide bonds. The van der Waals surface area contributed by atoms with E-state index in [1.54, 1.807) is 0 Å². The molecule has 0 spiro atoms. The summed E-state index contributed by atoms with van der Waals surface area (Å²) < 4.78 is 0. The van der Waals surface area contributed by atoms with Gasteiger partial charge in [0.25, 0.3) is 0 Å². The third kappa shape index (κ3) is 8.65. The molecule has 1 aliphatic rings. The third-order valence-electron chi connectivity index (χ3n) is 5.15. The monoisotopic (exact) mass is 473 g/mol. The van der Waals surface area contributed by atoms with Crippen LogP contribution in [0.5, 0.6) is 0 Å². The van der Waals surface area contributed by atoms with Gasteiger partial charge in [0.05, 0.1) is 12.5 Å². The minimum Gasteiger partial charge on any atom is -0.480 e. The second-order valence-corrected chi connectivity index (χ2v) is 9.32. The molecule has 11 nitrogen and oxygen atoms in total. The number of nitrogens with one attached hydrogen (secondary N) is 2. The summed E-state index contributed by atoms with van der Waals surface area (Å²) in [5, 5.41) is 14.3. The van der Waals surface area contributed by atoms with E-state index in [0.29, 0.717) is 25.0 Å². The van der Waals surface area contributed by atoms with Crippen molar-refractivity contribution >= 4 is 41.4 Å². The number of carbonyl (C=O) groups is 5. The number of amides is 4. The number of carbonyl (C=O) groups excluding carboxylic acids is 4. The fraction of sp³-hybridized carbons (Fsp3) is 0.750. The molecule has 12 heteroatoms. The number of thioether (sulfide) groups is 1. The lowest BCUT2D eigenvalue weighted by atomic mass is 10.0. The van der Waals surface area contributed by atoms with Gasteiger partial charge in [-0.1, -0.05) is 13.8 Å². The van der Waals surface area contributed by atoms with Gasteiger partial charge >= 0.3 is 5.97 Å². The quantitative estimate of drug-likeness (QED) is 0.226. The summed E-state index contributed by atoms with van der Waals surface area (Å²) in [6.45, 7) is 4.04. The lowest BCUT2D eigenvalue weighted by Crippen LogP contribution is -2.57. The Balaban J connectivity index is 2.93. The van der Waals surface area contributed by atoms with Crippen molar-refractivity contribution in [2.24, 2.45) is 17.4 Å². The summed E-state index contributed by atoms with van der Waals surface area (Å²) in [7, 11) is 0. The maximum absolute atomic E-state index is 13.1. The van der Waals surface area contributed by atoms with Crippen LogP contribution in [0.2, 0.25) is 0 Å². The number of primary amides is 1. The zero-order chi connectivity index (χ0) is 24.4. The normalized spacial score (nSPS) is 18.7. The highest BCUT2D eigenvalue weighted by atomic mass is 32.2. The molecule has 0 aliphatic carbocycles. The second kappa shape index (κ2) is 13.3. The van der Waals surface area contributed by atoms with Crippen molar-refractivity contribution in [3.8, 4) is 0 Å². The first-order valence-corrected chi connectivity index (χ1v) is 12.0. The molecule has 32 heavy (non-hydrogen) atoms. The zero-order valence-electron chi connectivity index (χ0n) is 18.8. The summed E-state index contributed by atoms with van der Waals surface area (Å²) in [5.74, 6) is -3.02. The molecular formula is C20H35N5O6S. The van der Waals surface area contributed by atoms with Gasteiger partial charge in [0.1, 0.15) is 18.1 Å². The van der Waals surface area contributed by atoms with Crippen LogP contribution in [0.25, 0.3) is 0 Å². The van der Waals surface area contributed by atoms with Crippen LogP contribution in [0.1, 0.15) is 46.0 Å².